The Morgan fingerprint density at radius 1 is 1.67 bits per heavy atom. The standard InChI is InChI=1S/C7H6BrF2N3O2/c8-5-4(1-11)12-2-3(7(9)10)6(5)13(14)15/h2,7H,1,11H2. The monoisotopic (exact) mass is 281 g/mol. The second-order valence-electron chi connectivity index (χ2n) is 2.58. The van der Waals surface area contributed by atoms with Gasteiger partial charge in [-0.25, -0.2) is 8.78 Å². The SMILES string of the molecule is NCc1ncc(C(F)F)c([N+](=O)[O-])c1Br. The van der Waals surface area contributed by atoms with Gasteiger partial charge in [-0.3, -0.25) is 15.1 Å². The number of pyridine rings is 1. The fraction of sp³-hybridized carbons (Fsp3) is 0.286. The largest absolute Gasteiger partial charge is 0.325 e. The average Bonchev–Trinajstić information content (AvgIpc) is 2.16. The van der Waals surface area contributed by atoms with Gasteiger partial charge in [-0.05, 0) is 15.9 Å². The fourth-order valence-corrected chi connectivity index (χ4v) is 1.65. The number of hydrogen-bond donors (Lipinski definition) is 1. The van der Waals surface area contributed by atoms with Crippen LogP contribution in [0.1, 0.15) is 17.7 Å². The van der Waals surface area contributed by atoms with Gasteiger partial charge in [0.25, 0.3) is 12.1 Å². The summed E-state index contributed by atoms with van der Waals surface area (Å²) in [6.07, 6.45) is -2.17. The van der Waals surface area contributed by atoms with Crippen molar-refractivity contribution in [2.24, 2.45) is 5.73 Å². The lowest BCUT2D eigenvalue weighted by Gasteiger charge is -2.05. The minimum atomic E-state index is -2.94. The molecule has 0 amide bonds. The molecule has 2 N–H and O–H groups in total. The first kappa shape index (κ1) is 11.9. The maximum absolute atomic E-state index is 12.4. The predicted molar refractivity (Wildman–Crippen MR) is 51.4 cm³/mol. The van der Waals surface area contributed by atoms with Crippen LogP contribution in [0.25, 0.3) is 0 Å². The van der Waals surface area contributed by atoms with E-state index in [-0.39, 0.29) is 16.7 Å². The van der Waals surface area contributed by atoms with Crippen LogP contribution in [-0.4, -0.2) is 9.91 Å². The van der Waals surface area contributed by atoms with Crippen molar-refractivity contribution in [1.29, 1.82) is 0 Å². The van der Waals surface area contributed by atoms with Gasteiger partial charge in [-0.15, -0.1) is 0 Å². The first-order valence-electron chi connectivity index (χ1n) is 3.79. The maximum atomic E-state index is 12.4. The van der Waals surface area contributed by atoms with Gasteiger partial charge in [-0.2, -0.15) is 0 Å². The Kier molecular flexibility index (Phi) is 3.64. The molecule has 15 heavy (non-hydrogen) atoms. The molecule has 0 aromatic carbocycles. The van der Waals surface area contributed by atoms with Crippen LogP contribution in [-0.2, 0) is 6.54 Å². The summed E-state index contributed by atoms with van der Waals surface area (Å²) in [6.45, 7) is -0.0645. The highest BCUT2D eigenvalue weighted by atomic mass is 79.9. The van der Waals surface area contributed by atoms with E-state index in [1.54, 1.807) is 0 Å². The number of rotatable bonds is 3. The summed E-state index contributed by atoms with van der Waals surface area (Å²) in [5.74, 6) is 0. The van der Waals surface area contributed by atoms with Crippen LogP contribution in [0.4, 0.5) is 14.5 Å². The molecule has 0 aliphatic heterocycles. The van der Waals surface area contributed by atoms with E-state index < -0.39 is 22.6 Å². The summed E-state index contributed by atoms with van der Waals surface area (Å²) >= 11 is 2.84. The summed E-state index contributed by atoms with van der Waals surface area (Å²) in [7, 11) is 0. The molecule has 0 unspecified atom stereocenters. The lowest BCUT2D eigenvalue weighted by atomic mass is 10.2. The van der Waals surface area contributed by atoms with Gasteiger partial charge >= 0.3 is 0 Å². The number of aromatic nitrogens is 1. The summed E-state index contributed by atoms with van der Waals surface area (Å²) in [5, 5.41) is 10.6. The Bertz CT molecular complexity index is 400. The van der Waals surface area contributed by atoms with Crippen LogP contribution in [0.5, 0.6) is 0 Å². The third-order valence-corrected chi connectivity index (χ3v) is 2.54. The summed E-state index contributed by atoms with van der Waals surface area (Å²) < 4.78 is 24.7. The first-order valence-corrected chi connectivity index (χ1v) is 4.58. The molecule has 0 aliphatic carbocycles. The zero-order valence-electron chi connectivity index (χ0n) is 7.28. The second kappa shape index (κ2) is 4.58. The van der Waals surface area contributed by atoms with Gasteiger partial charge in [0.2, 0.25) is 0 Å². The number of halogens is 3. The normalized spacial score (nSPS) is 10.7. The molecule has 1 rings (SSSR count). The Morgan fingerprint density at radius 2 is 2.27 bits per heavy atom. The van der Waals surface area contributed by atoms with Crippen molar-refractivity contribution in [3.05, 3.63) is 32.0 Å². The molecular formula is C7H6BrF2N3O2. The third-order valence-electron chi connectivity index (χ3n) is 1.71. The molecule has 5 nitrogen and oxygen atoms in total. The van der Waals surface area contributed by atoms with Crippen molar-refractivity contribution >= 4 is 21.6 Å². The molecule has 0 bridgehead atoms. The van der Waals surface area contributed by atoms with E-state index in [0.717, 1.165) is 6.20 Å². The highest BCUT2D eigenvalue weighted by molar-refractivity contribution is 9.10. The van der Waals surface area contributed by atoms with Crippen molar-refractivity contribution in [1.82, 2.24) is 4.98 Å². The van der Waals surface area contributed by atoms with Crippen molar-refractivity contribution in [3.63, 3.8) is 0 Å². The molecule has 1 aromatic heterocycles. The van der Waals surface area contributed by atoms with Crippen LogP contribution in [0.15, 0.2) is 10.7 Å². The smallest absolute Gasteiger partial charge is 0.295 e. The average molecular weight is 282 g/mol. The predicted octanol–water partition coefficient (Wildman–Crippen LogP) is 2.15. The molecule has 0 saturated heterocycles. The van der Waals surface area contributed by atoms with E-state index in [9.17, 15) is 18.9 Å². The minimum Gasteiger partial charge on any atom is -0.325 e. The maximum Gasteiger partial charge on any atom is 0.295 e. The van der Waals surface area contributed by atoms with E-state index in [2.05, 4.69) is 20.9 Å². The van der Waals surface area contributed by atoms with Crippen LogP contribution in [0.2, 0.25) is 0 Å². The Morgan fingerprint density at radius 3 is 2.67 bits per heavy atom. The highest BCUT2D eigenvalue weighted by Crippen LogP contribution is 2.35. The van der Waals surface area contributed by atoms with Gasteiger partial charge in [0.15, 0.2) is 0 Å². The Balaban J connectivity index is 3.44. The van der Waals surface area contributed by atoms with Crippen LogP contribution >= 0.6 is 15.9 Å². The Hall–Kier alpha value is -1.15. The van der Waals surface area contributed by atoms with Gasteiger partial charge in [0, 0.05) is 12.7 Å². The lowest BCUT2D eigenvalue weighted by molar-refractivity contribution is -0.387. The molecule has 0 radical (unpaired) electrons. The van der Waals surface area contributed by atoms with Crippen LogP contribution < -0.4 is 5.73 Å². The van der Waals surface area contributed by atoms with Gasteiger partial charge < -0.3 is 5.73 Å². The van der Waals surface area contributed by atoms with Crippen molar-refractivity contribution in [2.45, 2.75) is 13.0 Å². The number of nitrogens with two attached hydrogens (primary N) is 1. The summed E-state index contributed by atoms with van der Waals surface area (Å²) in [4.78, 5) is 13.3. The van der Waals surface area contributed by atoms with Gasteiger partial charge in [0.1, 0.15) is 10.0 Å². The molecule has 8 heteroatoms. The highest BCUT2D eigenvalue weighted by Gasteiger charge is 2.27. The summed E-state index contributed by atoms with van der Waals surface area (Å²) in [6, 6.07) is 0. The number of alkyl halides is 2. The zero-order chi connectivity index (χ0) is 11.6. The molecule has 1 heterocycles. The molecule has 82 valence electrons. The molecule has 0 fully saturated rings. The van der Waals surface area contributed by atoms with Crippen molar-refractivity contribution in [2.75, 3.05) is 0 Å². The van der Waals surface area contributed by atoms with Crippen molar-refractivity contribution in [3.8, 4) is 0 Å². The minimum absolute atomic E-state index is 0.0645. The molecule has 0 saturated carbocycles. The third kappa shape index (κ3) is 2.26. The van der Waals surface area contributed by atoms with Crippen molar-refractivity contribution < 1.29 is 13.7 Å². The molecule has 0 atom stereocenters. The molecule has 0 spiro atoms. The second-order valence-corrected chi connectivity index (χ2v) is 3.38. The zero-order valence-corrected chi connectivity index (χ0v) is 8.87. The van der Waals surface area contributed by atoms with Crippen LogP contribution in [0.3, 0.4) is 0 Å². The molecular weight excluding hydrogens is 276 g/mol. The molecule has 1 aromatic rings. The number of nitro groups is 1. The van der Waals surface area contributed by atoms with Gasteiger partial charge in [0.05, 0.1) is 10.6 Å². The number of nitrogens with zero attached hydrogens (tertiary/aromatic N) is 2. The fourth-order valence-electron chi connectivity index (χ4n) is 1.02. The topological polar surface area (TPSA) is 82.0 Å². The van der Waals surface area contributed by atoms with E-state index in [0.29, 0.717) is 0 Å². The van der Waals surface area contributed by atoms with E-state index >= 15 is 0 Å². The quantitative estimate of drug-likeness (QED) is 0.680. The summed E-state index contributed by atoms with van der Waals surface area (Å²) in [5.41, 5.74) is 4.02. The molecule has 0 aliphatic rings. The van der Waals surface area contributed by atoms with E-state index in [1.807, 2.05) is 0 Å². The first-order chi connectivity index (χ1) is 6.99. The van der Waals surface area contributed by atoms with E-state index in [4.69, 9.17) is 5.73 Å². The van der Waals surface area contributed by atoms with E-state index in [1.165, 1.54) is 0 Å². The lowest BCUT2D eigenvalue weighted by Crippen LogP contribution is -2.06. The van der Waals surface area contributed by atoms with Gasteiger partial charge in [-0.1, -0.05) is 0 Å². The number of hydrogen-bond acceptors (Lipinski definition) is 4. The Labute approximate surface area is 91.6 Å². The van der Waals surface area contributed by atoms with Crippen LogP contribution in [0, 0.1) is 10.1 Å².